The number of hydrogen-bond acceptors (Lipinski definition) is 3. The van der Waals surface area contributed by atoms with E-state index in [4.69, 9.17) is 23.2 Å². The van der Waals surface area contributed by atoms with Crippen LogP contribution >= 0.6 is 39.1 Å². The van der Waals surface area contributed by atoms with Crippen LogP contribution in [0, 0.1) is 0 Å². The molecular formula is C14H9BrCl2N2O2. The quantitative estimate of drug-likeness (QED) is 0.611. The molecule has 2 rings (SSSR count). The Labute approximate surface area is 139 Å². The molecule has 0 aliphatic carbocycles. The third kappa shape index (κ3) is 4.20. The molecular weight excluding hydrogens is 379 g/mol. The molecule has 0 heterocycles. The van der Waals surface area contributed by atoms with Gasteiger partial charge in [0.05, 0.1) is 16.3 Å². The number of phenolic OH excluding ortho intramolecular Hbond substituents is 1. The third-order valence-corrected chi connectivity index (χ3v) is 3.77. The van der Waals surface area contributed by atoms with E-state index in [-0.39, 0.29) is 10.8 Å². The van der Waals surface area contributed by atoms with E-state index in [1.54, 1.807) is 12.1 Å². The van der Waals surface area contributed by atoms with Crippen molar-refractivity contribution in [3.63, 3.8) is 0 Å². The van der Waals surface area contributed by atoms with Gasteiger partial charge in [0.2, 0.25) is 0 Å². The molecule has 7 heteroatoms. The van der Waals surface area contributed by atoms with Crippen molar-refractivity contribution in [1.82, 2.24) is 5.43 Å². The second kappa shape index (κ2) is 6.93. The number of rotatable bonds is 3. The summed E-state index contributed by atoms with van der Waals surface area (Å²) in [6.07, 6.45) is 1.34. The zero-order chi connectivity index (χ0) is 15.4. The second-order valence-electron chi connectivity index (χ2n) is 4.03. The molecule has 4 nitrogen and oxygen atoms in total. The van der Waals surface area contributed by atoms with Crippen molar-refractivity contribution in [2.75, 3.05) is 0 Å². The van der Waals surface area contributed by atoms with E-state index in [2.05, 4.69) is 26.5 Å². The van der Waals surface area contributed by atoms with E-state index in [1.165, 1.54) is 30.5 Å². The fourth-order valence-electron chi connectivity index (χ4n) is 1.49. The molecule has 2 N–H and O–H groups in total. The lowest BCUT2D eigenvalue weighted by molar-refractivity contribution is 0.0955. The Morgan fingerprint density at radius 2 is 1.95 bits per heavy atom. The van der Waals surface area contributed by atoms with Crippen LogP contribution in [0.4, 0.5) is 0 Å². The minimum atomic E-state index is -0.431. The summed E-state index contributed by atoms with van der Waals surface area (Å²) in [6.45, 7) is 0. The number of hydrazone groups is 1. The number of halogens is 3. The first kappa shape index (κ1) is 15.8. The van der Waals surface area contributed by atoms with Crippen molar-refractivity contribution in [2.45, 2.75) is 0 Å². The Kier molecular flexibility index (Phi) is 5.22. The van der Waals surface area contributed by atoms with Crippen LogP contribution < -0.4 is 5.43 Å². The average Bonchev–Trinajstić information content (AvgIpc) is 2.45. The van der Waals surface area contributed by atoms with Crippen LogP contribution in [-0.2, 0) is 0 Å². The Bertz CT molecular complexity index is 720. The van der Waals surface area contributed by atoms with Crippen molar-refractivity contribution in [3.05, 3.63) is 62.0 Å². The molecule has 2 aromatic carbocycles. The summed E-state index contributed by atoms with van der Waals surface area (Å²) in [5.41, 5.74) is 3.15. The molecule has 0 radical (unpaired) electrons. The van der Waals surface area contributed by atoms with Crippen molar-refractivity contribution in [3.8, 4) is 5.75 Å². The number of hydrogen-bond donors (Lipinski definition) is 2. The molecule has 0 aliphatic rings. The Balaban J connectivity index is 2.08. The monoisotopic (exact) mass is 386 g/mol. The van der Waals surface area contributed by atoms with Gasteiger partial charge in [-0.3, -0.25) is 4.79 Å². The van der Waals surface area contributed by atoms with Crippen molar-refractivity contribution < 1.29 is 9.90 Å². The molecule has 1 amide bonds. The van der Waals surface area contributed by atoms with Gasteiger partial charge < -0.3 is 5.11 Å². The minimum absolute atomic E-state index is 0.0609. The summed E-state index contributed by atoms with van der Waals surface area (Å²) < 4.78 is 0.789. The zero-order valence-corrected chi connectivity index (χ0v) is 13.6. The number of phenols is 1. The first-order chi connectivity index (χ1) is 9.97. The van der Waals surface area contributed by atoms with Gasteiger partial charge in [-0.25, -0.2) is 5.43 Å². The number of aromatic hydroxyl groups is 1. The van der Waals surface area contributed by atoms with Crippen molar-refractivity contribution in [2.24, 2.45) is 5.10 Å². The normalized spacial score (nSPS) is 10.8. The highest BCUT2D eigenvalue weighted by atomic mass is 79.9. The number of nitrogens with zero attached hydrogens (tertiary/aromatic N) is 1. The van der Waals surface area contributed by atoms with E-state index < -0.39 is 5.91 Å². The van der Waals surface area contributed by atoms with Crippen LogP contribution in [0.15, 0.2) is 46.0 Å². The van der Waals surface area contributed by atoms with Gasteiger partial charge in [-0.1, -0.05) is 39.1 Å². The lowest BCUT2D eigenvalue weighted by Gasteiger charge is -2.02. The molecule has 0 spiro atoms. The number of amides is 1. The van der Waals surface area contributed by atoms with Crippen LogP contribution in [-0.4, -0.2) is 17.2 Å². The zero-order valence-electron chi connectivity index (χ0n) is 10.5. The minimum Gasteiger partial charge on any atom is -0.507 e. The summed E-state index contributed by atoms with van der Waals surface area (Å²) in [6, 6.07) is 9.40. The highest BCUT2D eigenvalue weighted by Gasteiger charge is 2.07. The van der Waals surface area contributed by atoms with Gasteiger partial charge in [0.15, 0.2) is 0 Å². The number of carbonyl (C=O) groups excluding carboxylic acids is 1. The van der Waals surface area contributed by atoms with Gasteiger partial charge in [0.25, 0.3) is 5.91 Å². The highest BCUT2D eigenvalue weighted by Crippen LogP contribution is 2.22. The van der Waals surface area contributed by atoms with Crippen molar-refractivity contribution in [1.29, 1.82) is 0 Å². The Morgan fingerprint density at radius 3 is 2.67 bits per heavy atom. The van der Waals surface area contributed by atoms with Crippen LogP contribution in [0.5, 0.6) is 5.75 Å². The van der Waals surface area contributed by atoms with E-state index in [1.807, 2.05) is 0 Å². The van der Waals surface area contributed by atoms with E-state index in [0.29, 0.717) is 16.1 Å². The SMILES string of the molecule is O=C(NN=Cc1cc(Br)ccc1O)c1ccc(Cl)c(Cl)c1. The third-order valence-electron chi connectivity index (χ3n) is 2.54. The maximum atomic E-state index is 11.9. The maximum absolute atomic E-state index is 11.9. The molecule has 0 fully saturated rings. The number of carbonyl (C=O) groups is 1. The largest absolute Gasteiger partial charge is 0.507 e. The van der Waals surface area contributed by atoms with Crippen LogP contribution in [0.2, 0.25) is 10.0 Å². The predicted octanol–water partition coefficient (Wildman–Crippen LogP) is 4.23. The van der Waals surface area contributed by atoms with Gasteiger partial charge in [0.1, 0.15) is 5.75 Å². The molecule has 2 aromatic rings. The summed E-state index contributed by atoms with van der Waals surface area (Å²) in [4.78, 5) is 11.9. The highest BCUT2D eigenvalue weighted by molar-refractivity contribution is 9.10. The summed E-state index contributed by atoms with van der Waals surface area (Å²) >= 11 is 14.9. The lowest BCUT2D eigenvalue weighted by Crippen LogP contribution is -2.17. The second-order valence-corrected chi connectivity index (χ2v) is 5.76. The van der Waals surface area contributed by atoms with Gasteiger partial charge in [-0.2, -0.15) is 5.10 Å². The Hall–Kier alpha value is -1.56. The maximum Gasteiger partial charge on any atom is 0.271 e. The summed E-state index contributed by atoms with van der Waals surface area (Å²) in [5.74, 6) is -0.370. The number of benzene rings is 2. The molecule has 0 saturated carbocycles. The van der Waals surface area contributed by atoms with Gasteiger partial charge >= 0.3 is 0 Å². The molecule has 21 heavy (non-hydrogen) atoms. The predicted molar refractivity (Wildman–Crippen MR) is 87.3 cm³/mol. The molecule has 0 aromatic heterocycles. The van der Waals surface area contributed by atoms with Crippen LogP contribution in [0.25, 0.3) is 0 Å². The first-order valence-electron chi connectivity index (χ1n) is 5.74. The van der Waals surface area contributed by atoms with Crippen LogP contribution in [0.1, 0.15) is 15.9 Å². The molecule has 0 saturated heterocycles. The van der Waals surface area contributed by atoms with Gasteiger partial charge in [0, 0.05) is 15.6 Å². The van der Waals surface area contributed by atoms with E-state index >= 15 is 0 Å². The van der Waals surface area contributed by atoms with Gasteiger partial charge in [-0.05, 0) is 36.4 Å². The van der Waals surface area contributed by atoms with E-state index in [9.17, 15) is 9.90 Å². The fourth-order valence-corrected chi connectivity index (χ4v) is 2.17. The van der Waals surface area contributed by atoms with E-state index in [0.717, 1.165) is 4.47 Å². The van der Waals surface area contributed by atoms with Crippen molar-refractivity contribution >= 4 is 51.3 Å². The lowest BCUT2D eigenvalue weighted by atomic mass is 10.2. The summed E-state index contributed by atoms with van der Waals surface area (Å²) in [5, 5.41) is 14.1. The summed E-state index contributed by atoms with van der Waals surface area (Å²) in [7, 11) is 0. The molecule has 0 unspecified atom stereocenters. The molecule has 0 aliphatic heterocycles. The smallest absolute Gasteiger partial charge is 0.271 e. The standard InChI is InChI=1S/C14H9BrCl2N2O2/c15-10-2-4-13(20)9(5-10)7-18-19-14(21)8-1-3-11(16)12(17)6-8/h1-7,20H,(H,19,21). The molecule has 108 valence electrons. The van der Waals surface area contributed by atoms with Gasteiger partial charge in [-0.15, -0.1) is 0 Å². The molecule has 0 bridgehead atoms. The number of nitrogens with one attached hydrogen (secondary N) is 1. The topological polar surface area (TPSA) is 61.7 Å². The van der Waals surface area contributed by atoms with Crippen LogP contribution in [0.3, 0.4) is 0 Å². The fraction of sp³-hybridized carbons (Fsp3) is 0. The average molecular weight is 388 g/mol. The Morgan fingerprint density at radius 1 is 1.19 bits per heavy atom. The molecule has 0 atom stereocenters. The first-order valence-corrected chi connectivity index (χ1v) is 7.29.